The first kappa shape index (κ1) is 13.6. The van der Waals surface area contributed by atoms with Crippen molar-refractivity contribution in [2.24, 2.45) is 7.05 Å². The highest BCUT2D eigenvalue weighted by Crippen LogP contribution is 2.35. The van der Waals surface area contributed by atoms with Gasteiger partial charge in [0, 0.05) is 23.0 Å². The summed E-state index contributed by atoms with van der Waals surface area (Å²) >= 11 is 1.25. The molecule has 1 aromatic carbocycles. The summed E-state index contributed by atoms with van der Waals surface area (Å²) < 4.78 is 14.5. The van der Waals surface area contributed by atoms with E-state index in [1.54, 1.807) is 30.1 Å². The van der Waals surface area contributed by atoms with Crippen LogP contribution in [0.25, 0.3) is 11.0 Å². The highest BCUT2D eigenvalue weighted by atomic mass is 32.2. The van der Waals surface area contributed by atoms with Crippen LogP contribution in [0, 0.1) is 5.82 Å². The summed E-state index contributed by atoms with van der Waals surface area (Å²) in [6.07, 6.45) is 2.90. The van der Waals surface area contributed by atoms with E-state index in [1.165, 1.54) is 30.1 Å². The Labute approximate surface area is 123 Å². The molecule has 3 aromatic rings. The lowest BCUT2D eigenvalue weighted by Gasteiger charge is -2.07. The Morgan fingerprint density at radius 2 is 2.00 bits per heavy atom. The van der Waals surface area contributed by atoms with E-state index in [0.717, 1.165) is 4.90 Å². The van der Waals surface area contributed by atoms with E-state index >= 15 is 0 Å². The smallest absolute Gasteiger partial charge is 0.338 e. The van der Waals surface area contributed by atoms with Gasteiger partial charge in [-0.1, -0.05) is 11.8 Å². The topological polar surface area (TPSA) is 68.0 Å². The lowest BCUT2D eigenvalue weighted by molar-refractivity contribution is 0.0693. The zero-order valence-electron chi connectivity index (χ0n) is 10.9. The zero-order valence-corrected chi connectivity index (χ0v) is 11.8. The van der Waals surface area contributed by atoms with Crippen LogP contribution in [-0.4, -0.2) is 25.8 Å². The van der Waals surface area contributed by atoms with E-state index < -0.39 is 5.97 Å². The molecule has 0 bridgehead atoms. The minimum absolute atomic E-state index is 0.102. The monoisotopic (exact) mass is 303 g/mol. The SMILES string of the molecule is Cn1ncc2c(Sc3ccc(F)cc3)c(C(=O)O)cnc21. The van der Waals surface area contributed by atoms with Gasteiger partial charge in [0.1, 0.15) is 5.82 Å². The van der Waals surface area contributed by atoms with Gasteiger partial charge in [-0.3, -0.25) is 4.68 Å². The van der Waals surface area contributed by atoms with Crippen LogP contribution in [-0.2, 0) is 7.05 Å². The molecule has 3 rings (SSSR count). The molecule has 0 saturated heterocycles. The molecule has 2 heterocycles. The molecule has 0 atom stereocenters. The highest BCUT2D eigenvalue weighted by Gasteiger charge is 2.18. The first-order valence-electron chi connectivity index (χ1n) is 6.03. The Balaban J connectivity index is 2.16. The Bertz CT molecular complexity index is 830. The van der Waals surface area contributed by atoms with E-state index in [-0.39, 0.29) is 11.4 Å². The number of hydrogen-bond donors (Lipinski definition) is 1. The number of pyridine rings is 1. The van der Waals surface area contributed by atoms with Crippen LogP contribution in [0.5, 0.6) is 0 Å². The van der Waals surface area contributed by atoms with Gasteiger partial charge in [-0.05, 0) is 24.3 Å². The van der Waals surface area contributed by atoms with Gasteiger partial charge in [0.15, 0.2) is 5.65 Å². The predicted octanol–water partition coefficient (Wildman–Crippen LogP) is 2.96. The van der Waals surface area contributed by atoms with Gasteiger partial charge in [-0.2, -0.15) is 5.10 Å². The Kier molecular flexibility index (Phi) is 3.34. The summed E-state index contributed by atoms with van der Waals surface area (Å²) in [5.74, 6) is -1.39. The minimum Gasteiger partial charge on any atom is -0.478 e. The molecule has 0 aliphatic carbocycles. The van der Waals surface area contributed by atoms with Crippen molar-refractivity contribution >= 4 is 28.8 Å². The Morgan fingerprint density at radius 3 is 2.67 bits per heavy atom. The molecular weight excluding hydrogens is 293 g/mol. The lowest BCUT2D eigenvalue weighted by atomic mass is 10.2. The van der Waals surface area contributed by atoms with Gasteiger partial charge in [0.05, 0.1) is 17.1 Å². The van der Waals surface area contributed by atoms with E-state index in [0.29, 0.717) is 15.9 Å². The molecule has 2 aromatic heterocycles. The number of hydrogen-bond acceptors (Lipinski definition) is 4. The van der Waals surface area contributed by atoms with Crippen molar-refractivity contribution in [1.29, 1.82) is 0 Å². The fourth-order valence-corrected chi connectivity index (χ4v) is 2.97. The summed E-state index contributed by atoms with van der Waals surface area (Å²) in [7, 11) is 1.74. The summed E-state index contributed by atoms with van der Waals surface area (Å²) in [4.78, 5) is 16.8. The summed E-state index contributed by atoms with van der Waals surface area (Å²) in [5, 5.41) is 14.1. The Morgan fingerprint density at radius 1 is 1.29 bits per heavy atom. The van der Waals surface area contributed by atoms with Crippen LogP contribution in [0.3, 0.4) is 0 Å². The standard InChI is InChI=1S/C14H10FN3O2S/c1-18-13-10(7-17-18)12(11(6-16-13)14(19)20)21-9-4-2-8(15)3-5-9/h2-7H,1H3,(H,19,20). The van der Waals surface area contributed by atoms with Crippen LogP contribution in [0.15, 0.2) is 46.5 Å². The maximum absolute atomic E-state index is 13.0. The van der Waals surface area contributed by atoms with Gasteiger partial charge < -0.3 is 5.11 Å². The molecule has 106 valence electrons. The van der Waals surface area contributed by atoms with E-state index in [1.807, 2.05) is 0 Å². The number of aromatic nitrogens is 3. The third kappa shape index (κ3) is 2.47. The van der Waals surface area contributed by atoms with Crippen molar-refractivity contribution in [3.05, 3.63) is 48.0 Å². The second-order valence-electron chi connectivity index (χ2n) is 4.37. The van der Waals surface area contributed by atoms with Gasteiger partial charge >= 0.3 is 5.97 Å². The number of carbonyl (C=O) groups is 1. The zero-order chi connectivity index (χ0) is 15.0. The van der Waals surface area contributed by atoms with Crippen LogP contribution >= 0.6 is 11.8 Å². The molecule has 0 aliphatic rings. The van der Waals surface area contributed by atoms with Gasteiger partial charge in [0.25, 0.3) is 0 Å². The van der Waals surface area contributed by atoms with Crippen LogP contribution < -0.4 is 0 Å². The number of fused-ring (bicyclic) bond motifs is 1. The molecule has 0 saturated carbocycles. The molecule has 0 unspecified atom stereocenters. The second-order valence-corrected chi connectivity index (χ2v) is 5.45. The van der Waals surface area contributed by atoms with Gasteiger partial charge in [-0.15, -0.1) is 0 Å². The fourth-order valence-electron chi connectivity index (χ4n) is 1.96. The van der Waals surface area contributed by atoms with E-state index in [2.05, 4.69) is 10.1 Å². The predicted molar refractivity (Wildman–Crippen MR) is 76.0 cm³/mol. The fraction of sp³-hybridized carbons (Fsp3) is 0.0714. The molecule has 0 fully saturated rings. The van der Waals surface area contributed by atoms with Crippen molar-refractivity contribution in [1.82, 2.24) is 14.8 Å². The van der Waals surface area contributed by atoms with Gasteiger partial charge in [0.2, 0.25) is 0 Å². The maximum Gasteiger partial charge on any atom is 0.338 e. The highest BCUT2D eigenvalue weighted by molar-refractivity contribution is 7.99. The van der Waals surface area contributed by atoms with E-state index in [9.17, 15) is 14.3 Å². The summed E-state index contributed by atoms with van der Waals surface area (Å²) in [6, 6.07) is 5.89. The number of halogens is 1. The number of carboxylic acids is 1. The normalized spacial score (nSPS) is 11.0. The average molecular weight is 303 g/mol. The second kappa shape index (κ2) is 5.17. The van der Waals surface area contributed by atoms with Crippen molar-refractivity contribution in [2.75, 3.05) is 0 Å². The summed E-state index contributed by atoms with van der Waals surface area (Å²) in [5.41, 5.74) is 0.703. The maximum atomic E-state index is 13.0. The van der Waals surface area contributed by atoms with Crippen molar-refractivity contribution in [2.45, 2.75) is 9.79 Å². The first-order valence-corrected chi connectivity index (χ1v) is 6.85. The van der Waals surface area contributed by atoms with Crippen LogP contribution in [0.4, 0.5) is 4.39 Å². The molecule has 0 amide bonds. The molecule has 0 radical (unpaired) electrons. The molecule has 21 heavy (non-hydrogen) atoms. The van der Waals surface area contributed by atoms with Crippen LogP contribution in [0.1, 0.15) is 10.4 Å². The van der Waals surface area contributed by atoms with Crippen LogP contribution in [0.2, 0.25) is 0 Å². The van der Waals surface area contributed by atoms with Crippen molar-refractivity contribution in [3.63, 3.8) is 0 Å². The molecule has 0 spiro atoms. The first-order chi connectivity index (χ1) is 10.1. The number of rotatable bonds is 3. The number of benzene rings is 1. The number of aromatic carboxylic acids is 1. The number of aryl methyl sites for hydroxylation is 1. The largest absolute Gasteiger partial charge is 0.478 e. The van der Waals surface area contributed by atoms with E-state index in [4.69, 9.17) is 0 Å². The molecule has 5 nitrogen and oxygen atoms in total. The molecule has 0 aliphatic heterocycles. The quantitative estimate of drug-likeness (QED) is 0.805. The number of nitrogens with zero attached hydrogens (tertiary/aromatic N) is 3. The molecular formula is C14H10FN3O2S. The summed E-state index contributed by atoms with van der Waals surface area (Å²) in [6.45, 7) is 0. The molecule has 7 heteroatoms. The van der Waals surface area contributed by atoms with Crippen molar-refractivity contribution in [3.8, 4) is 0 Å². The van der Waals surface area contributed by atoms with Gasteiger partial charge in [-0.25, -0.2) is 14.2 Å². The number of carboxylic acid groups (broad SMARTS) is 1. The molecule has 1 N–H and O–H groups in total. The third-order valence-electron chi connectivity index (χ3n) is 2.98. The third-order valence-corrected chi connectivity index (χ3v) is 4.13. The van der Waals surface area contributed by atoms with Crippen molar-refractivity contribution < 1.29 is 14.3 Å². The average Bonchev–Trinajstić information content (AvgIpc) is 2.83. The minimum atomic E-state index is -1.06. The Hall–Kier alpha value is -2.41. The lowest BCUT2D eigenvalue weighted by Crippen LogP contribution is -2.01.